The van der Waals surface area contributed by atoms with Crippen molar-refractivity contribution in [3.8, 4) is 22.4 Å². The van der Waals surface area contributed by atoms with Gasteiger partial charge in [0.25, 0.3) is 0 Å². The summed E-state index contributed by atoms with van der Waals surface area (Å²) >= 11 is 0. The number of nitrogens with zero attached hydrogens (tertiary/aromatic N) is 4. The minimum atomic E-state index is -0.299. The van der Waals surface area contributed by atoms with Gasteiger partial charge in [-0.15, -0.1) is 0 Å². The first-order valence-corrected chi connectivity index (χ1v) is 10.7. The fourth-order valence-corrected chi connectivity index (χ4v) is 3.92. The number of aryl methyl sites for hydroxylation is 2. The molecule has 0 spiro atoms. The van der Waals surface area contributed by atoms with Gasteiger partial charge < -0.3 is 5.32 Å². The molecule has 0 aliphatic carbocycles. The third kappa shape index (κ3) is 4.41. The van der Waals surface area contributed by atoms with Crippen LogP contribution in [0, 0.1) is 19.7 Å². The first-order chi connectivity index (χ1) is 16.1. The third-order valence-electron chi connectivity index (χ3n) is 5.54. The van der Waals surface area contributed by atoms with Crippen LogP contribution >= 0.6 is 0 Å². The second kappa shape index (κ2) is 8.74. The van der Waals surface area contributed by atoms with Crippen LogP contribution in [0.15, 0.2) is 79.3 Å². The lowest BCUT2D eigenvalue weighted by Gasteiger charge is -2.12. The lowest BCUT2D eigenvalue weighted by Crippen LogP contribution is -2.04. The van der Waals surface area contributed by atoms with Gasteiger partial charge in [0.05, 0.1) is 17.4 Å². The molecule has 6 heteroatoms. The van der Waals surface area contributed by atoms with Crippen molar-refractivity contribution in [2.45, 2.75) is 20.4 Å². The van der Waals surface area contributed by atoms with Gasteiger partial charge in [-0.05, 0) is 66.4 Å². The number of hydrogen-bond acceptors (Lipinski definition) is 5. The van der Waals surface area contributed by atoms with Crippen LogP contribution in [-0.2, 0) is 6.54 Å². The van der Waals surface area contributed by atoms with Gasteiger partial charge in [-0.1, -0.05) is 30.3 Å². The molecule has 0 atom stereocenters. The van der Waals surface area contributed by atoms with E-state index in [0.717, 1.165) is 11.3 Å². The summed E-state index contributed by atoms with van der Waals surface area (Å²) in [6, 6.07) is 18.7. The molecule has 0 aliphatic rings. The molecular weight excluding hydrogens is 413 g/mol. The standard InChI is InChI=1S/C27H22FN5/c1-17-12-19(6-7-23(17)20-8-10-29-18(2)13-20)15-32-27-26-24(9-11-30-27)33-25(16-31-26)21-4-3-5-22(28)14-21/h3-14,16H,15H2,1-2H3,(H,30,32). The molecule has 3 aromatic heterocycles. The highest BCUT2D eigenvalue weighted by atomic mass is 19.1. The highest BCUT2D eigenvalue weighted by molar-refractivity contribution is 5.86. The number of anilines is 1. The van der Waals surface area contributed by atoms with Crippen molar-refractivity contribution in [1.29, 1.82) is 0 Å². The van der Waals surface area contributed by atoms with E-state index in [-0.39, 0.29) is 5.82 Å². The molecule has 162 valence electrons. The topological polar surface area (TPSA) is 63.6 Å². The fourth-order valence-electron chi connectivity index (χ4n) is 3.92. The van der Waals surface area contributed by atoms with E-state index in [4.69, 9.17) is 0 Å². The SMILES string of the molecule is Cc1cc(-c2ccc(CNc3nccc4nc(-c5cccc(F)c5)cnc34)cc2C)ccn1. The van der Waals surface area contributed by atoms with Gasteiger partial charge >= 0.3 is 0 Å². The summed E-state index contributed by atoms with van der Waals surface area (Å²) in [4.78, 5) is 18.0. The Balaban J connectivity index is 1.38. The minimum Gasteiger partial charge on any atom is -0.364 e. The van der Waals surface area contributed by atoms with E-state index in [1.54, 1.807) is 18.5 Å². The normalized spacial score (nSPS) is 11.0. The van der Waals surface area contributed by atoms with Crippen molar-refractivity contribution in [3.05, 3.63) is 102 Å². The van der Waals surface area contributed by atoms with E-state index in [1.807, 2.05) is 31.3 Å². The van der Waals surface area contributed by atoms with E-state index in [9.17, 15) is 4.39 Å². The molecule has 3 heterocycles. The zero-order chi connectivity index (χ0) is 22.8. The van der Waals surface area contributed by atoms with Crippen LogP contribution in [0.4, 0.5) is 10.2 Å². The van der Waals surface area contributed by atoms with Crippen molar-refractivity contribution in [1.82, 2.24) is 19.9 Å². The van der Waals surface area contributed by atoms with Gasteiger partial charge in [-0.2, -0.15) is 0 Å². The molecule has 0 saturated heterocycles. The van der Waals surface area contributed by atoms with Crippen molar-refractivity contribution in [3.63, 3.8) is 0 Å². The lowest BCUT2D eigenvalue weighted by atomic mass is 9.98. The Morgan fingerprint density at radius 3 is 2.55 bits per heavy atom. The molecule has 5 nitrogen and oxygen atoms in total. The van der Waals surface area contributed by atoms with E-state index in [2.05, 4.69) is 56.4 Å². The number of fused-ring (bicyclic) bond motifs is 1. The maximum Gasteiger partial charge on any atom is 0.154 e. The molecule has 33 heavy (non-hydrogen) atoms. The Morgan fingerprint density at radius 1 is 0.848 bits per heavy atom. The molecule has 2 aromatic carbocycles. The highest BCUT2D eigenvalue weighted by Crippen LogP contribution is 2.26. The molecule has 5 rings (SSSR count). The quantitative estimate of drug-likeness (QED) is 0.360. The Kier molecular flexibility index (Phi) is 5.48. The number of nitrogens with one attached hydrogen (secondary N) is 1. The van der Waals surface area contributed by atoms with Gasteiger partial charge in [-0.25, -0.2) is 19.3 Å². The van der Waals surface area contributed by atoms with E-state index in [1.165, 1.54) is 28.8 Å². The van der Waals surface area contributed by atoms with Crippen molar-refractivity contribution in [2.75, 3.05) is 5.32 Å². The summed E-state index contributed by atoms with van der Waals surface area (Å²) in [5.41, 5.74) is 8.40. The predicted molar refractivity (Wildman–Crippen MR) is 129 cm³/mol. The molecule has 0 unspecified atom stereocenters. The highest BCUT2D eigenvalue weighted by Gasteiger charge is 2.09. The minimum absolute atomic E-state index is 0.299. The smallest absolute Gasteiger partial charge is 0.154 e. The molecular formula is C27H22FN5. The molecule has 0 radical (unpaired) electrons. The van der Waals surface area contributed by atoms with Crippen LogP contribution < -0.4 is 5.32 Å². The van der Waals surface area contributed by atoms with E-state index < -0.39 is 0 Å². The zero-order valence-electron chi connectivity index (χ0n) is 18.4. The summed E-state index contributed by atoms with van der Waals surface area (Å²) in [5.74, 6) is 0.365. The molecule has 0 amide bonds. The van der Waals surface area contributed by atoms with Gasteiger partial charge in [0, 0.05) is 30.2 Å². The molecule has 5 aromatic rings. The van der Waals surface area contributed by atoms with Crippen LogP contribution in [0.3, 0.4) is 0 Å². The molecule has 0 aliphatic heterocycles. The van der Waals surface area contributed by atoms with E-state index in [0.29, 0.717) is 34.7 Å². The number of benzene rings is 2. The Labute approximate surface area is 191 Å². The second-order valence-electron chi connectivity index (χ2n) is 7.98. The van der Waals surface area contributed by atoms with Crippen molar-refractivity contribution < 1.29 is 4.39 Å². The number of pyridine rings is 2. The summed E-state index contributed by atoms with van der Waals surface area (Å²) in [5, 5.41) is 3.38. The van der Waals surface area contributed by atoms with Crippen molar-refractivity contribution >= 4 is 16.9 Å². The van der Waals surface area contributed by atoms with Crippen LogP contribution in [0.5, 0.6) is 0 Å². The van der Waals surface area contributed by atoms with Gasteiger partial charge in [0.15, 0.2) is 5.82 Å². The predicted octanol–water partition coefficient (Wildman–Crippen LogP) is 6.12. The first kappa shape index (κ1) is 20.7. The number of aromatic nitrogens is 4. The van der Waals surface area contributed by atoms with Crippen LogP contribution in [-0.4, -0.2) is 19.9 Å². The average Bonchev–Trinajstić information content (AvgIpc) is 2.82. The first-order valence-electron chi connectivity index (χ1n) is 10.7. The number of rotatable bonds is 5. The molecule has 1 N–H and O–H groups in total. The van der Waals surface area contributed by atoms with Gasteiger partial charge in [0.1, 0.15) is 11.3 Å². The largest absolute Gasteiger partial charge is 0.364 e. The molecule has 0 bridgehead atoms. The Bertz CT molecular complexity index is 1460. The van der Waals surface area contributed by atoms with Crippen LogP contribution in [0.25, 0.3) is 33.4 Å². The number of halogens is 1. The maximum atomic E-state index is 13.6. The fraction of sp³-hybridized carbons (Fsp3) is 0.111. The lowest BCUT2D eigenvalue weighted by molar-refractivity contribution is 0.628. The summed E-state index contributed by atoms with van der Waals surface area (Å²) in [7, 11) is 0. The summed E-state index contributed by atoms with van der Waals surface area (Å²) in [6.45, 7) is 4.72. The molecule has 0 fully saturated rings. The second-order valence-corrected chi connectivity index (χ2v) is 7.98. The Morgan fingerprint density at radius 2 is 1.73 bits per heavy atom. The van der Waals surface area contributed by atoms with Gasteiger partial charge in [0.2, 0.25) is 0 Å². The average molecular weight is 436 g/mol. The summed E-state index contributed by atoms with van der Waals surface area (Å²) in [6.07, 6.45) is 5.20. The van der Waals surface area contributed by atoms with Crippen LogP contribution in [0.2, 0.25) is 0 Å². The zero-order valence-corrected chi connectivity index (χ0v) is 18.4. The van der Waals surface area contributed by atoms with Gasteiger partial charge in [-0.3, -0.25) is 4.98 Å². The summed E-state index contributed by atoms with van der Waals surface area (Å²) < 4.78 is 13.6. The van der Waals surface area contributed by atoms with Crippen molar-refractivity contribution in [2.24, 2.45) is 0 Å². The third-order valence-corrected chi connectivity index (χ3v) is 5.54. The van der Waals surface area contributed by atoms with E-state index >= 15 is 0 Å². The van der Waals surface area contributed by atoms with Crippen LogP contribution in [0.1, 0.15) is 16.8 Å². The number of hydrogen-bond donors (Lipinski definition) is 1. The molecule has 0 saturated carbocycles. The monoisotopic (exact) mass is 435 g/mol. The maximum absolute atomic E-state index is 13.6. The Hall–Kier alpha value is -4.19.